The van der Waals surface area contributed by atoms with E-state index in [0.29, 0.717) is 41.0 Å². The highest BCUT2D eigenvalue weighted by atomic mass is 35.5. The smallest absolute Gasteiger partial charge is 0.330 e. The van der Waals surface area contributed by atoms with Gasteiger partial charge in [0.2, 0.25) is 0 Å². The van der Waals surface area contributed by atoms with Crippen LogP contribution in [0.5, 0.6) is 0 Å². The zero-order valence-corrected chi connectivity index (χ0v) is 22.7. The molecule has 0 aliphatic heterocycles. The van der Waals surface area contributed by atoms with E-state index in [1.807, 2.05) is 13.8 Å². The van der Waals surface area contributed by atoms with Crippen LogP contribution >= 0.6 is 23.4 Å². The number of allylic oxidation sites excluding steroid dienone is 1. The number of ether oxygens (including phenoxy) is 1. The molecule has 9 heteroatoms. The predicted octanol–water partition coefficient (Wildman–Crippen LogP) is 8.44. The van der Waals surface area contributed by atoms with Crippen LogP contribution in [0.25, 0.3) is 0 Å². The van der Waals surface area contributed by atoms with Crippen LogP contribution in [0.4, 0.5) is 18.9 Å². The van der Waals surface area contributed by atoms with Crippen LogP contribution < -0.4 is 5.32 Å². The van der Waals surface area contributed by atoms with E-state index in [-0.39, 0.29) is 16.5 Å². The number of hydrogen-bond donors (Lipinski definition) is 1. The van der Waals surface area contributed by atoms with Crippen LogP contribution in [0.3, 0.4) is 0 Å². The van der Waals surface area contributed by atoms with Crippen molar-refractivity contribution >= 4 is 40.9 Å². The van der Waals surface area contributed by atoms with Gasteiger partial charge in [0.05, 0.1) is 11.6 Å². The Morgan fingerprint density at radius 3 is 2.33 bits per heavy atom. The van der Waals surface area contributed by atoms with Gasteiger partial charge in [0.15, 0.2) is 17.5 Å². The third kappa shape index (κ3) is 9.90. The van der Waals surface area contributed by atoms with Crippen molar-refractivity contribution in [1.82, 2.24) is 0 Å². The molecule has 2 rings (SSSR count). The van der Waals surface area contributed by atoms with E-state index in [4.69, 9.17) is 16.3 Å². The number of hydrogen-bond acceptors (Lipinski definition) is 4. The van der Waals surface area contributed by atoms with Gasteiger partial charge >= 0.3 is 5.97 Å². The minimum Gasteiger partial charge on any atom is -0.463 e. The molecule has 0 aliphatic rings. The van der Waals surface area contributed by atoms with E-state index in [0.717, 1.165) is 12.8 Å². The second-order valence-electron chi connectivity index (χ2n) is 7.67. The summed E-state index contributed by atoms with van der Waals surface area (Å²) in [5.41, 5.74) is 0.0186. The normalized spacial score (nSPS) is 12.5. The summed E-state index contributed by atoms with van der Waals surface area (Å²) in [5.74, 6) is -5.13. The summed E-state index contributed by atoms with van der Waals surface area (Å²) in [6.07, 6.45) is 5.71. The second-order valence-corrected chi connectivity index (χ2v) is 9.35. The van der Waals surface area contributed by atoms with Gasteiger partial charge in [-0.15, -0.1) is 11.8 Å². The van der Waals surface area contributed by atoms with Gasteiger partial charge in [0, 0.05) is 39.6 Å². The third-order valence-electron chi connectivity index (χ3n) is 5.00. The van der Waals surface area contributed by atoms with Crippen molar-refractivity contribution in [2.75, 3.05) is 11.9 Å². The van der Waals surface area contributed by atoms with Crippen LogP contribution in [-0.4, -0.2) is 23.7 Å². The SMILES string of the molecule is CC.CCCC(C)C(CC=CC(=O)OCC)Sc1cc(C(=O)Nc2cc(F)c(F)c(F)c2)ccc1Cl. The largest absolute Gasteiger partial charge is 0.463 e. The van der Waals surface area contributed by atoms with E-state index in [9.17, 15) is 22.8 Å². The molecule has 1 amide bonds. The molecule has 0 spiro atoms. The number of nitrogens with one attached hydrogen (secondary N) is 1. The number of halogens is 4. The molecule has 2 unspecified atom stereocenters. The third-order valence-corrected chi connectivity index (χ3v) is 6.99. The number of anilines is 1. The molecule has 1 N–H and O–H groups in total. The molecular weight excluding hydrogens is 511 g/mol. The van der Waals surface area contributed by atoms with Gasteiger partial charge < -0.3 is 10.1 Å². The molecule has 0 saturated heterocycles. The first-order valence-corrected chi connectivity index (χ1v) is 13.2. The van der Waals surface area contributed by atoms with Crippen molar-refractivity contribution in [2.24, 2.45) is 5.92 Å². The highest BCUT2D eigenvalue weighted by Gasteiger charge is 2.20. The van der Waals surface area contributed by atoms with Crippen LogP contribution in [0.2, 0.25) is 5.02 Å². The summed E-state index contributed by atoms with van der Waals surface area (Å²) >= 11 is 7.87. The zero-order valence-electron chi connectivity index (χ0n) is 21.2. The fourth-order valence-corrected chi connectivity index (χ4v) is 4.78. The average Bonchev–Trinajstić information content (AvgIpc) is 2.84. The monoisotopic (exact) mass is 543 g/mol. The van der Waals surface area contributed by atoms with Crippen LogP contribution in [0.15, 0.2) is 47.4 Å². The van der Waals surface area contributed by atoms with Crippen molar-refractivity contribution in [3.63, 3.8) is 0 Å². The summed E-state index contributed by atoms with van der Waals surface area (Å²) in [4.78, 5) is 24.9. The lowest BCUT2D eigenvalue weighted by molar-refractivity contribution is -0.137. The van der Waals surface area contributed by atoms with Crippen LogP contribution in [-0.2, 0) is 9.53 Å². The summed E-state index contributed by atoms with van der Waals surface area (Å²) in [6.45, 7) is 10.2. The van der Waals surface area contributed by atoms with Crippen LogP contribution in [0, 0.1) is 23.4 Å². The molecule has 0 bridgehead atoms. The Labute approximate surface area is 220 Å². The molecule has 0 aromatic heterocycles. The maximum absolute atomic E-state index is 13.5. The molecule has 0 radical (unpaired) electrons. The van der Waals surface area contributed by atoms with Gasteiger partial charge in [-0.2, -0.15) is 0 Å². The van der Waals surface area contributed by atoms with Crippen molar-refractivity contribution in [1.29, 1.82) is 0 Å². The molecule has 0 fully saturated rings. The number of esters is 1. The first kappa shape index (κ1) is 31.6. The molecule has 2 aromatic rings. The molecular formula is C27H33ClF3NO3S. The Hall–Kier alpha value is -2.45. The Balaban J connectivity index is 0.00000316. The zero-order chi connectivity index (χ0) is 27.3. The number of benzene rings is 2. The minimum atomic E-state index is -1.60. The van der Waals surface area contributed by atoms with Crippen molar-refractivity contribution < 1.29 is 27.5 Å². The average molecular weight is 544 g/mol. The molecule has 0 aliphatic carbocycles. The maximum atomic E-state index is 13.5. The second kappa shape index (κ2) is 16.3. The molecule has 2 aromatic carbocycles. The Bertz CT molecular complexity index is 1030. The lowest BCUT2D eigenvalue weighted by Gasteiger charge is -2.23. The van der Waals surface area contributed by atoms with Gasteiger partial charge in [-0.3, -0.25) is 4.79 Å². The topological polar surface area (TPSA) is 55.4 Å². The fourth-order valence-electron chi connectivity index (χ4n) is 3.26. The fraction of sp³-hybridized carbons (Fsp3) is 0.407. The minimum absolute atomic E-state index is 0.0710. The van der Waals surface area contributed by atoms with Crippen molar-refractivity contribution in [3.05, 3.63) is 70.5 Å². The molecule has 198 valence electrons. The predicted molar refractivity (Wildman–Crippen MR) is 141 cm³/mol. The van der Waals surface area contributed by atoms with E-state index in [2.05, 4.69) is 19.2 Å². The standard InChI is InChI=1S/C25H27ClF3NO3S.C2H6/c1-4-7-15(3)21(8-6-9-23(31)33-5-2)34-22-12-16(10-11-18(22)26)25(32)30-17-13-19(27)24(29)20(28)14-17;1-2/h6,9-15,21H,4-5,7-8H2,1-3H3,(H,30,32);1-2H3. The lowest BCUT2D eigenvalue weighted by atomic mass is 9.99. The molecule has 2 atom stereocenters. The Morgan fingerprint density at radius 2 is 1.75 bits per heavy atom. The van der Waals surface area contributed by atoms with E-state index >= 15 is 0 Å². The van der Waals surface area contributed by atoms with Gasteiger partial charge in [-0.1, -0.05) is 51.8 Å². The van der Waals surface area contributed by atoms with Gasteiger partial charge in [-0.25, -0.2) is 18.0 Å². The van der Waals surface area contributed by atoms with Crippen molar-refractivity contribution in [2.45, 2.75) is 64.0 Å². The lowest BCUT2D eigenvalue weighted by Crippen LogP contribution is -2.15. The quantitative estimate of drug-likeness (QED) is 0.134. The number of rotatable bonds is 11. The van der Waals surface area contributed by atoms with Gasteiger partial charge in [0.25, 0.3) is 5.91 Å². The van der Waals surface area contributed by atoms with E-state index in [1.165, 1.54) is 23.9 Å². The number of carbonyl (C=O) groups excluding carboxylic acids is 2. The maximum Gasteiger partial charge on any atom is 0.330 e. The molecule has 0 saturated carbocycles. The number of thioether (sulfide) groups is 1. The summed E-state index contributed by atoms with van der Waals surface area (Å²) in [7, 11) is 0. The first-order valence-electron chi connectivity index (χ1n) is 11.9. The Kier molecular flexibility index (Phi) is 14.3. The summed E-state index contributed by atoms with van der Waals surface area (Å²) < 4.78 is 45.0. The number of carbonyl (C=O) groups is 2. The molecule has 0 heterocycles. The highest BCUT2D eigenvalue weighted by molar-refractivity contribution is 8.00. The van der Waals surface area contributed by atoms with Gasteiger partial charge in [0.1, 0.15) is 0 Å². The van der Waals surface area contributed by atoms with Gasteiger partial charge in [-0.05, 0) is 43.9 Å². The first-order chi connectivity index (χ1) is 17.2. The van der Waals surface area contributed by atoms with E-state index < -0.39 is 29.3 Å². The van der Waals surface area contributed by atoms with E-state index in [1.54, 1.807) is 25.1 Å². The van der Waals surface area contributed by atoms with Crippen LogP contribution in [0.1, 0.15) is 64.2 Å². The summed E-state index contributed by atoms with van der Waals surface area (Å²) in [6, 6.07) is 6.07. The summed E-state index contributed by atoms with van der Waals surface area (Å²) in [5, 5.41) is 2.89. The Morgan fingerprint density at radius 1 is 1.11 bits per heavy atom. The number of amides is 1. The molecule has 4 nitrogen and oxygen atoms in total. The highest BCUT2D eigenvalue weighted by Crippen LogP contribution is 2.37. The van der Waals surface area contributed by atoms with Crippen molar-refractivity contribution in [3.8, 4) is 0 Å². The molecule has 36 heavy (non-hydrogen) atoms.